The highest BCUT2D eigenvalue weighted by molar-refractivity contribution is 5.88. The van der Waals surface area contributed by atoms with Gasteiger partial charge in [0.2, 0.25) is 0 Å². The number of rotatable bonds is 8. The Hall–Kier alpha value is -3.46. The minimum Gasteiger partial charge on any atom is -0.490 e. The Morgan fingerprint density at radius 2 is 1.14 bits per heavy atom. The van der Waals surface area contributed by atoms with Crippen LogP contribution >= 0.6 is 0 Å². The van der Waals surface area contributed by atoms with E-state index in [0.29, 0.717) is 19.8 Å². The predicted molar refractivity (Wildman–Crippen MR) is 112 cm³/mol. The molecule has 4 aromatic rings. The Balaban J connectivity index is 1.25. The fourth-order valence-electron chi connectivity index (χ4n) is 3.01. The Labute approximate surface area is 165 Å². The molecule has 0 unspecified atom stereocenters. The summed E-state index contributed by atoms with van der Waals surface area (Å²) in [4.78, 5) is 0. The minimum absolute atomic E-state index is 0.480. The molecule has 140 valence electrons. The molecule has 0 aliphatic heterocycles. The van der Waals surface area contributed by atoms with Crippen molar-refractivity contribution in [2.45, 2.75) is 6.61 Å². The molecule has 0 fully saturated rings. The van der Waals surface area contributed by atoms with Crippen molar-refractivity contribution >= 4 is 10.8 Å². The molecule has 0 saturated heterocycles. The van der Waals surface area contributed by atoms with Crippen molar-refractivity contribution in [2.75, 3.05) is 13.2 Å². The van der Waals surface area contributed by atoms with Gasteiger partial charge in [-0.1, -0.05) is 66.7 Å². The third kappa shape index (κ3) is 4.63. The number of ether oxygens (including phenoxy) is 3. The minimum atomic E-state index is 0.480. The van der Waals surface area contributed by atoms with Crippen molar-refractivity contribution in [3.63, 3.8) is 0 Å². The lowest BCUT2D eigenvalue weighted by Crippen LogP contribution is -2.09. The van der Waals surface area contributed by atoms with Gasteiger partial charge in [0.15, 0.2) is 0 Å². The van der Waals surface area contributed by atoms with Crippen LogP contribution in [-0.2, 0) is 6.61 Å². The molecular weight excluding hydrogens is 348 g/mol. The lowest BCUT2D eigenvalue weighted by Gasteiger charge is -2.11. The zero-order chi connectivity index (χ0) is 19.0. The summed E-state index contributed by atoms with van der Waals surface area (Å²) in [7, 11) is 0. The molecule has 0 amide bonds. The first-order valence-electron chi connectivity index (χ1n) is 9.39. The maximum Gasteiger partial charge on any atom is 0.127 e. The average Bonchev–Trinajstić information content (AvgIpc) is 2.77. The quantitative estimate of drug-likeness (QED) is 0.363. The summed E-state index contributed by atoms with van der Waals surface area (Å²) in [5.74, 6) is 2.50. The van der Waals surface area contributed by atoms with Gasteiger partial charge in [-0.2, -0.15) is 0 Å². The van der Waals surface area contributed by atoms with Crippen LogP contribution in [0, 0.1) is 0 Å². The van der Waals surface area contributed by atoms with Crippen molar-refractivity contribution in [2.24, 2.45) is 0 Å². The fourth-order valence-corrected chi connectivity index (χ4v) is 3.01. The molecule has 4 rings (SSSR count). The fraction of sp³-hybridized carbons (Fsp3) is 0.120. The largest absolute Gasteiger partial charge is 0.490 e. The van der Waals surface area contributed by atoms with Crippen LogP contribution in [-0.4, -0.2) is 13.2 Å². The van der Waals surface area contributed by atoms with Crippen LogP contribution in [0.4, 0.5) is 0 Å². The molecule has 0 spiro atoms. The van der Waals surface area contributed by atoms with Crippen LogP contribution in [0.1, 0.15) is 5.56 Å². The van der Waals surface area contributed by atoms with E-state index in [-0.39, 0.29) is 0 Å². The van der Waals surface area contributed by atoms with Gasteiger partial charge in [0, 0.05) is 5.39 Å². The monoisotopic (exact) mass is 370 g/mol. The van der Waals surface area contributed by atoms with E-state index < -0.39 is 0 Å². The molecule has 0 aliphatic rings. The van der Waals surface area contributed by atoms with E-state index >= 15 is 0 Å². The predicted octanol–water partition coefficient (Wildman–Crippen LogP) is 5.88. The van der Waals surface area contributed by atoms with Gasteiger partial charge in [0.25, 0.3) is 0 Å². The normalized spacial score (nSPS) is 10.6. The van der Waals surface area contributed by atoms with Crippen LogP contribution in [0.15, 0.2) is 97.1 Å². The summed E-state index contributed by atoms with van der Waals surface area (Å²) in [5.41, 5.74) is 1.15. The highest BCUT2D eigenvalue weighted by atomic mass is 16.5. The van der Waals surface area contributed by atoms with Gasteiger partial charge in [-0.15, -0.1) is 0 Å². The van der Waals surface area contributed by atoms with Crippen molar-refractivity contribution in [3.05, 3.63) is 103 Å². The smallest absolute Gasteiger partial charge is 0.127 e. The first-order valence-corrected chi connectivity index (χ1v) is 9.39. The molecule has 0 atom stereocenters. The molecule has 0 aliphatic carbocycles. The van der Waals surface area contributed by atoms with Crippen LogP contribution in [0.25, 0.3) is 10.8 Å². The Morgan fingerprint density at radius 1 is 0.500 bits per heavy atom. The summed E-state index contributed by atoms with van der Waals surface area (Å²) in [6.45, 7) is 1.52. The summed E-state index contributed by atoms with van der Waals surface area (Å²) < 4.78 is 17.5. The molecule has 0 saturated carbocycles. The van der Waals surface area contributed by atoms with Gasteiger partial charge in [0.1, 0.15) is 37.1 Å². The first-order chi connectivity index (χ1) is 13.9. The van der Waals surface area contributed by atoms with Crippen molar-refractivity contribution in [1.29, 1.82) is 0 Å². The van der Waals surface area contributed by atoms with E-state index in [1.165, 1.54) is 5.39 Å². The van der Waals surface area contributed by atoms with Crippen LogP contribution in [0.3, 0.4) is 0 Å². The second-order valence-corrected chi connectivity index (χ2v) is 6.42. The number of hydrogen-bond acceptors (Lipinski definition) is 3. The van der Waals surface area contributed by atoms with Gasteiger partial charge >= 0.3 is 0 Å². The zero-order valence-electron chi connectivity index (χ0n) is 15.6. The number of fused-ring (bicyclic) bond motifs is 1. The maximum absolute atomic E-state index is 5.90. The maximum atomic E-state index is 5.90. The molecule has 0 radical (unpaired) electrons. The van der Waals surface area contributed by atoms with E-state index in [9.17, 15) is 0 Å². The summed E-state index contributed by atoms with van der Waals surface area (Å²) in [6, 6.07) is 32.1. The Kier molecular flexibility index (Phi) is 5.74. The molecule has 4 aromatic carbocycles. The van der Waals surface area contributed by atoms with Gasteiger partial charge in [-0.05, 0) is 41.3 Å². The third-order valence-corrected chi connectivity index (χ3v) is 4.43. The van der Waals surface area contributed by atoms with Crippen LogP contribution in [0.5, 0.6) is 17.2 Å². The summed E-state index contributed by atoms with van der Waals surface area (Å²) in [6.07, 6.45) is 0. The topological polar surface area (TPSA) is 27.7 Å². The highest BCUT2D eigenvalue weighted by Gasteiger charge is 2.02. The zero-order valence-corrected chi connectivity index (χ0v) is 15.6. The van der Waals surface area contributed by atoms with E-state index in [2.05, 4.69) is 18.2 Å². The molecular formula is C25H22O3. The van der Waals surface area contributed by atoms with Crippen molar-refractivity contribution < 1.29 is 14.2 Å². The number of benzene rings is 4. The SMILES string of the molecule is c1ccc(COc2ccc(OCCOc3cccc4ccccc34)cc2)cc1. The lowest BCUT2D eigenvalue weighted by atomic mass is 10.1. The van der Waals surface area contributed by atoms with Gasteiger partial charge in [-0.3, -0.25) is 0 Å². The third-order valence-electron chi connectivity index (χ3n) is 4.43. The molecule has 28 heavy (non-hydrogen) atoms. The van der Waals surface area contributed by atoms with E-state index in [1.807, 2.05) is 78.9 Å². The second kappa shape index (κ2) is 8.96. The second-order valence-electron chi connectivity index (χ2n) is 6.42. The highest BCUT2D eigenvalue weighted by Crippen LogP contribution is 2.25. The lowest BCUT2D eigenvalue weighted by molar-refractivity contribution is 0.218. The average molecular weight is 370 g/mol. The Bertz CT molecular complexity index is 1010. The van der Waals surface area contributed by atoms with Gasteiger partial charge in [-0.25, -0.2) is 0 Å². The molecule has 0 heterocycles. The summed E-state index contributed by atoms with van der Waals surface area (Å²) >= 11 is 0. The van der Waals surface area contributed by atoms with Crippen molar-refractivity contribution in [3.8, 4) is 17.2 Å². The van der Waals surface area contributed by atoms with E-state index in [1.54, 1.807) is 0 Å². The van der Waals surface area contributed by atoms with Crippen LogP contribution < -0.4 is 14.2 Å². The van der Waals surface area contributed by atoms with Crippen molar-refractivity contribution in [1.82, 2.24) is 0 Å². The Morgan fingerprint density at radius 3 is 1.96 bits per heavy atom. The number of hydrogen-bond donors (Lipinski definition) is 0. The molecule has 0 aromatic heterocycles. The van der Waals surface area contributed by atoms with Gasteiger partial charge < -0.3 is 14.2 Å². The molecule has 0 N–H and O–H groups in total. The summed E-state index contributed by atoms with van der Waals surface area (Å²) in [5, 5.41) is 2.29. The van der Waals surface area contributed by atoms with E-state index in [0.717, 1.165) is 28.2 Å². The first kappa shape index (κ1) is 17.9. The molecule has 3 nitrogen and oxygen atoms in total. The van der Waals surface area contributed by atoms with Gasteiger partial charge in [0.05, 0.1) is 0 Å². The molecule has 3 heteroatoms. The van der Waals surface area contributed by atoms with Crippen LogP contribution in [0.2, 0.25) is 0 Å². The standard InChI is InChI=1S/C25H22O3/c1-2-7-20(8-3-1)19-28-23-15-13-22(14-16-23)26-17-18-27-25-12-6-10-21-9-4-5-11-24(21)25/h1-16H,17-19H2. The molecule has 0 bridgehead atoms. The van der Waals surface area contributed by atoms with E-state index in [4.69, 9.17) is 14.2 Å².